The number of oxime groups is 1. The summed E-state index contributed by atoms with van der Waals surface area (Å²) in [5, 5.41) is 37.9. The first-order valence-electron chi connectivity index (χ1n) is 19.3. The van der Waals surface area contributed by atoms with Crippen molar-refractivity contribution >= 4 is 27.3 Å². The molecule has 1 heterocycles. The molecule has 0 radical (unpaired) electrons. The second-order valence-electron chi connectivity index (χ2n) is 14.8. The topological polar surface area (TPSA) is 167 Å². The summed E-state index contributed by atoms with van der Waals surface area (Å²) in [5.41, 5.74) is 3.56. The van der Waals surface area contributed by atoms with E-state index in [0.717, 1.165) is 42.4 Å². The number of amides is 1. The molecule has 3 aliphatic rings. The molecule has 4 N–H and O–H groups in total. The van der Waals surface area contributed by atoms with Crippen LogP contribution in [0.25, 0.3) is 0 Å². The van der Waals surface area contributed by atoms with Crippen molar-refractivity contribution in [2.45, 2.75) is 81.1 Å². The molecule has 6 atom stereocenters. The summed E-state index contributed by atoms with van der Waals surface area (Å²) in [6.45, 7) is 5.68. The van der Waals surface area contributed by atoms with Gasteiger partial charge in [-0.3, -0.25) is 4.79 Å². The molecule has 0 unspecified atom stereocenters. The first kappa shape index (κ1) is 41.1. The number of benzene rings is 3. The minimum Gasteiger partial charge on any atom is -0.508 e. The molecule has 3 aromatic rings. The first-order valence-corrected chi connectivity index (χ1v) is 20.8. The molecule has 0 bridgehead atoms. The van der Waals surface area contributed by atoms with Crippen molar-refractivity contribution < 1.29 is 42.8 Å². The fourth-order valence-corrected chi connectivity index (χ4v) is 10.1. The Hall–Kier alpha value is -4.53. The van der Waals surface area contributed by atoms with E-state index in [2.05, 4.69) is 18.0 Å². The molecule has 13 heteroatoms. The molecule has 3 aromatic carbocycles. The molecular weight excluding hydrogens is 735 g/mol. The fraction of sp³-hybridized carbons (Fsp3) is 0.442. The lowest BCUT2D eigenvalue weighted by Gasteiger charge is -2.59. The van der Waals surface area contributed by atoms with Gasteiger partial charge in [0.05, 0.1) is 29.2 Å². The minimum absolute atomic E-state index is 0.0141. The zero-order chi connectivity index (χ0) is 39.9. The van der Waals surface area contributed by atoms with Crippen LogP contribution in [0, 0.1) is 17.8 Å². The van der Waals surface area contributed by atoms with Crippen LogP contribution in [-0.2, 0) is 31.0 Å². The third-order valence-electron chi connectivity index (χ3n) is 11.2. The number of aliphatic hydroxyl groups excluding tert-OH is 2. The molecule has 56 heavy (non-hydrogen) atoms. The van der Waals surface area contributed by atoms with Gasteiger partial charge in [0.1, 0.15) is 18.1 Å². The second kappa shape index (κ2) is 18.2. The number of phenols is 1. The molecule has 2 aliphatic carbocycles. The molecule has 12 nitrogen and oxygen atoms in total. The van der Waals surface area contributed by atoms with Crippen molar-refractivity contribution in [2.75, 3.05) is 32.2 Å². The Morgan fingerprint density at radius 2 is 1.75 bits per heavy atom. The van der Waals surface area contributed by atoms with Gasteiger partial charge in [-0.05, 0) is 91.1 Å². The number of carbonyl (C=O) groups is 1. The summed E-state index contributed by atoms with van der Waals surface area (Å²) in [7, 11) is -2.71. The number of nitrogens with zero attached hydrogens (tertiary/aromatic N) is 2. The number of ether oxygens (including phenoxy) is 2. The molecule has 0 saturated heterocycles. The molecule has 0 aromatic heterocycles. The molecular formula is C43H53N3O9S. The number of carbonyl (C=O) groups excluding carboxylic acids is 1. The van der Waals surface area contributed by atoms with Crippen molar-refractivity contribution in [3.63, 3.8) is 0 Å². The van der Waals surface area contributed by atoms with E-state index in [1.54, 1.807) is 36.4 Å². The summed E-state index contributed by atoms with van der Waals surface area (Å²) >= 11 is 0. The minimum atomic E-state index is -4.22. The van der Waals surface area contributed by atoms with Crippen LogP contribution in [0.2, 0.25) is 0 Å². The summed E-state index contributed by atoms with van der Waals surface area (Å²) in [6, 6.07) is 19.7. The van der Waals surface area contributed by atoms with Crippen LogP contribution in [0.1, 0.15) is 68.9 Å². The Balaban J connectivity index is 1.55. The van der Waals surface area contributed by atoms with Crippen LogP contribution < -0.4 is 10.1 Å². The molecule has 1 aliphatic heterocycles. The van der Waals surface area contributed by atoms with Crippen molar-refractivity contribution in [1.82, 2.24) is 4.31 Å². The second-order valence-corrected chi connectivity index (χ2v) is 16.8. The monoisotopic (exact) mass is 787 g/mol. The number of anilines is 1. The molecule has 0 spiro atoms. The maximum Gasteiger partial charge on any atom is 0.243 e. The number of aliphatic hydroxyl groups is 2. The van der Waals surface area contributed by atoms with Gasteiger partial charge in [0.25, 0.3) is 0 Å². The number of aromatic hydroxyl groups is 1. The lowest BCUT2D eigenvalue weighted by molar-refractivity contribution is -0.250. The van der Waals surface area contributed by atoms with Gasteiger partial charge in [0.2, 0.25) is 21.7 Å². The first-order chi connectivity index (χ1) is 27.0. The lowest BCUT2D eigenvalue weighted by Crippen LogP contribution is -2.69. The number of sulfonamides is 1. The van der Waals surface area contributed by atoms with E-state index in [4.69, 9.17) is 19.5 Å². The standard InChI is InChI=1S/C43H53N3O9S/c1-4-24-53-43-40(46(3)56(51,52)34-19-16-32(17-20-34)44-29(2)49)27-38(45-54-28-30-12-6-5-7-13-30)36-25-31(14-8-10-22-47)35(15-9-11-23-48)41(42(36)43)37-26-33(50)18-21-39(37)55-43/h4-7,12-13,16-21,25-26,31,35,40-42,47-48,50H,1,8-11,14-15,22-24,27-28H2,2-3H3,(H,44,49)/t31-,35+,40-,41+,42+,43+/m0/s1. The van der Waals surface area contributed by atoms with E-state index in [1.807, 2.05) is 30.3 Å². The zero-order valence-corrected chi connectivity index (χ0v) is 32.9. The van der Waals surface area contributed by atoms with Crippen LogP contribution >= 0.6 is 0 Å². The largest absolute Gasteiger partial charge is 0.508 e. The fourth-order valence-electron chi connectivity index (χ4n) is 8.72. The van der Waals surface area contributed by atoms with Crippen LogP contribution in [0.3, 0.4) is 0 Å². The van der Waals surface area contributed by atoms with Gasteiger partial charge in [0, 0.05) is 50.8 Å². The zero-order valence-electron chi connectivity index (χ0n) is 32.0. The highest BCUT2D eigenvalue weighted by molar-refractivity contribution is 7.89. The number of fused-ring (bicyclic) bond motifs is 2. The quantitative estimate of drug-likeness (QED) is 0.0639. The van der Waals surface area contributed by atoms with Crippen molar-refractivity contribution in [2.24, 2.45) is 22.9 Å². The lowest BCUT2D eigenvalue weighted by atomic mass is 9.55. The van der Waals surface area contributed by atoms with E-state index in [1.165, 1.54) is 30.4 Å². The summed E-state index contributed by atoms with van der Waals surface area (Å²) in [6.07, 6.45) is 8.19. The Bertz CT molecular complexity index is 2000. The third kappa shape index (κ3) is 8.57. The van der Waals surface area contributed by atoms with Crippen LogP contribution in [0.15, 0.2) is 107 Å². The molecule has 1 fully saturated rings. The number of nitrogens with one attached hydrogen (secondary N) is 1. The summed E-state index contributed by atoms with van der Waals surface area (Å²) < 4.78 is 44.5. The summed E-state index contributed by atoms with van der Waals surface area (Å²) in [4.78, 5) is 17.8. The number of hydrogen-bond acceptors (Lipinski definition) is 10. The maximum atomic E-state index is 14.7. The van der Waals surface area contributed by atoms with Gasteiger partial charge < -0.3 is 34.9 Å². The van der Waals surface area contributed by atoms with E-state index in [0.29, 0.717) is 30.0 Å². The Morgan fingerprint density at radius 1 is 1.04 bits per heavy atom. The highest BCUT2D eigenvalue weighted by Gasteiger charge is 2.65. The van der Waals surface area contributed by atoms with Gasteiger partial charge in [-0.25, -0.2) is 8.42 Å². The van der Waals surface area contributed by atoms with Crippen LogP contribution in [0.5, 0.6) is 11.5 Å². The van der Waals surface area contributed by atoms with Gasteiger partial charge in [-0.15, -0.1) is 6.58 Å². The van der Waals surface area contributed by atoms with Gasteiger partial charge in [0.15, 0.2) is 0 Å². The number of likely N-dealkylation sites (N-methyl/N-ethyl adjacent to an activating group) is 1. The molecule has 300 valence electrons. The van der Waals surface area contributed by atoms with Gasteiger partial charge in [-0.1, -0.05) is 60.5 Å². The highest BCUT2D eigenvalue weighted by atomic mass is 32.2. The maximum absolute atomic E-state index is 14.7. The molecule has 1 amide bonds. The van der Waals surface area contributed by atoms with E-state index >= 15 is 0 Å². The summed E-state index contributed by atoms with van der Waals surface area (Å²) in [5.74, 6) is -2.26. The van der Waals surface area contributed by atoms with Crippen molar-refractivity contribution in [3.05, 3.63) is 108 Å². The average Bonchev–Trinajstić information content (AvgIpc) is 3.19. The Kier molecular flexibility index (Phi) is 13.3. The Morgan fingerprint density at radius 3 is 2.43 bits per heavy atom. The number of rotatable bonds is 18. The average molecular weight is 788 g/mol. The third-order valence-corrected chi connectivity index (χ3v) is 13.1. The van der Waals surface area contributed by atoms with Crippen LogP contribution in [-0.4, -0.2) is 78.4 Å². The van der Waals surface area contributed by atoms with Crippen molar-refractivity contribution in [1.29, 1.82) is 0 Å². The van der Waals surface area contributed by atoms with Crippen molar-refractivity contribution in [3.8, 4) is 11.5 Å². The van der Waals surface area contributed by atoms with Gasteiger partial charge >= 0.3 is 0 Å². The van der Waals surface area contributed by atoms with E-state index in [9.17, 15) is 28.5 Å². The van der Waals surface area contributed by atoms with E-state index < -0.39 is 27.8 Å². The number of allylic oxidation sites excluding steroid dienone is 1. The normalized spacial score (nSPS) is 24.8. The predicted molar refractivity (Wildman–Crippen MR) is 214 cm³/mol. The molecule has 1 saturated carbocycles. The molecule has 6 rings (SSSR count). The smallest absolute Gasteiger partial charge is 0.243 e. The van der Waals surface area contributed by atoms with Gasteiger partial charge in [-0.2, -0.15) is 4.31 Å². The van der Waals surface area contributed by atoms with Crippen LogP contribution in [0.4, 0.5) is 5.69 Å². The number of phenolic OH excluding ortho intramolecular Hbond substituents is 1. The Labute approximate surface area is 329 Å². The number of unbranched alkanes of at least 4 members (excludes halogenated alkanes) is 2. The number of hydrogen-bond donors (Lipinski definition) is 4. The van der Waals surface area contributed by atoms with E-state index in [-0.39, 0.29) is 67.2 Å². The predicted octanol–water partition coefficient (Wildman–Crippen LogP) is 6.51. The SMILES string of the molecule is C=CCO[C@@]12Oc3ccc(O)cc3[C@H]3[C@H](CCCCO)[C@@H](CCCCO)C=C(C(=NOCc4ccccc4)C[C@@H]1N(C)S(=O)(=O)c1ccc(NC(C)=O)cc1)[C@H]32. The highest BCUT2D eigenvalue weighted by Crippen LogP contribution is 2.62.